The van der Waals surface area contributed by atoms with E-state index in [4.69, 9.17) is 0 Å². The molecule has 202 valence electrons. The molecule has 0 spiro atoms. The standard InChI is InChI=1S/C28H38BrN3O4S/c1-20-14-15-26(17-21(20)2)32(37(4,35)36)16-8-13-27(33)31(19-23-9-7-10-24(29)18-23)22(3)28(34)30-25-11-5-6-12-25/h7,9-10,14-15,17-18,22,25H,5-6,8,11-13,16,19H2,1-4H3,(H,30,34)/t22-/m1/s1. The molecule has 0 saturated heterocycles. The van der Waals surface area contributed by atoms with E-state index in [1.807, 2.05) is 50.2 Å². The van der Waals surface area contributed by atoms with Gasteiger partial charge in [-0.3, -0.25) is 13.9 Å². The summed E-state index contributed by atoms with van der Waals surface area (Å²) in [5.74, 6) is -0.328. The number of carbonyl (C=O) groups is 2. The number of aryl methyl sites for hydroxylation is 2. The van der Waals surface area contributed by atoms with Gasteiger partial charge in [-0.2, -0.15) is 0 Å². The average molecular weight is 593 g/mol. The van der Waals surface area contributed by atoms with E-state index < -0.39 is 16.1 Å². The lowest BCUT2D eigenvalue weighted by Gasteiger charge is -2.30. The molecule has 1 fully saturated rings. The summed E-state index contributed by atoms with van der Waals surface area (Å²) >= 11 is 3.48. The number of sulfonamides is 1. The fraction of sp³-hybridized carbons (Fsp3) is 0.500. The highest BCUT2D eigenvalue weighted by atomic mass is 79.9. The molecular weight excluding hydrogens is 554 g/mol. The maximum atomic E-state index is 13.4. The number of nitrogens with one attached hydrogen (secondary N) is 1. The Morgan fingerprint density at radius 1 is 1.08 bits per heavy atom. The Morgan fingerprint density at radius 2 is 1.78 bits per heavy atom. The van der Waals surface area contributed by atoms with E-state index in [-0.39, 0.29) is 30.8 Å². The van der Waals surface area contributed by atoms with Crippen LogP contribution < -0.4 is 9.62 Å². The molecule has 0 heterocycles. The molecule has 1 aliphatic rings. The lowest BCUT2D eigenvalue weighted by atomic mass is 10.1. The van der Waals surface area contributed by atoms with Crippen LogP contribution >= 0.6 is 15.9 Å². The summed E-state index contributed by atoms with van der Waals surface area (Å²) in [4.78, 5) is 28.1. The smallest absolute Gasteiger partial charge is 0.242 e. The Labute approximate surface area is 229 Å². The zero-order chi connectivity index (χ0) is 27.2. The summed E-state index contributed by atoms with van der Waals surface area (Å²) in [6.07, 6.45) is 5.81. The second kappa shape index (κ2) is 12.9. The van der Waals surface area contributed by atoms with Gasteiger partial charge in [0.05, 0.1) is 11.9 Å². The van der Waals surface area contributed by atoms with Gasteiger partial charge < -0.3 is 10.2 Å². The molecule has 1 atom stereocenters. The minimum atomic E-state index is -3.52. The van der Waals surface area contributed by atoms with Gasteiger partial charge in [0.1, 0.15) is 6.04 Å². The van der Waals surface area contributed by atoms with E-state index in [0.29, 0.717) is 18.7 Å². The predicted octanol–water partition coefficient (Wildman–Crippen LogP) is 5.09. The average Bonchev–Trinajstić information content (AvgIpc) is 3.34. The first-order valence-electron chi connectivity index (χ1n) is 12.8. The number of hydrogen-bond acceptors (Lipinski definition) is 4. The van der Waals surface area contributed by atoms with E-state index in [1.165, 1.54) is 10.6 Å². The van der Waals surface area contributed by atoms with Gasteiger partial charge in [0.25, 0.3) is 0 Å². The summed E-state index contributed by atoms with van der Waals surface area (Å²) in [5, 5.41) is 3.11. The van der Waals surface area contributed by atoms with E-state index in [2.05, 4.69) is 21.2 Å². The van der Waals surface area contributed by atoms with Crippen LogP contribution in [0, 0.1) is 13.8 Å². The molecule has 37 heavy (non-hydrogen) atoms. The zero-order valence-corrected chi connectivity index (χ0v) is 24.6. The molecule has 2 aromatic carbocycles. The van der Waals surface area contributed by atoms with Crippen LogP contribution in [0.25, 0.3) is 0 Å². The van der Waals surface area contributed by atoms with Crippen LogP contribution in [0.5, 0.6) is 0 Å². The first-order valence-corrected chi connectivity index (χ1v) is 15.5. The molecule has 1 aliphatic carbocycles. The van der Waals surface area contributed by atoms with Crippen LogP contribution in [0.15, 0.2) is 46.9 Å². The number of nitrogens with zero attached hydrogens (tertiary/aromatic N) is 2. The topological polar surface area (TPSA) is 86.8 Å². The second-order valence-corrected chi connectivity index (χ2v) is 12.8. The first-order chi connectivity index (χ1) is 17.5. The van der Waals surface area contributed by atoms with E-state index in [1.54, 1.807) is 17.9 Å². The summed E-state index contributed by atoms with van der Waals surface area (Å²) in [5.41, 5.74) is 3.59. The van der Waals surface area contributed by atoms with Crippen LogP contribution in [0.3, 0.4) is 0 Å². The highest BCUT2D eigenvalue weighted by Gasteiger charge is 2.28. The van der Waals surface area contributed by atoms with Crippen molar-refractivity contribution in [2.75, 3.05) is 17.1 Å². The van der Waals surface area contributed by atoms with Crippen molar-refractivity contribution in [3.05, 3.63) is 63.6 Å². The summed E-state index contributed by atoms with van der Waals surface area (Å²) in [6, 6.07) is 12.8. The number of benzene rings is 2. The van der Waals surface area contributed by atoms with Crippen molar-refractivity contribution in [1.82, 2.24) is 10.2 Å². The number of carbonyl (C=O) groups excluding carboxylic acids is 2. The Morgan fingerprint density at radius 3 is 2.41 bits per heavy atom. The van der Waals surface area contributed by atoms with Crippen molar-refractivity contribution in [3.63, 3.8) is 0 Å². The number of anilines is 1. The molecule has 0 bridgehead atoms. The second-order valence-electron chi connectivity index (χ2n) is 10.0. The summed E-state index contributed by atoms with van der Waals surface area (Å²) in [7, 11) is -3.52. The molecule has 0 unspecified atom stereocenters. The maximum Gasteiger partial charge on any atom is 0.242 e. The first kappa shape index (κ1) is 29.2. The minimum absolute atomic E-state index is 0.131. The van der Waals surface area contributed by atoms with Crippen molar-refractivity contribution >= 4 is 43.5 Å². The number of hydrogen-bond donors (Lipinski definition) is 1. The third kappa shape index (κ3) is 8.30. The molecule has 2 amide bonds. The third-order valence-corrected chi connectivity index (χ3v) is 8.73. The van der Waals surface area contributed by atoms with Gasteiger partial charge in [-0.1, -0.05) is 47.0 Å². The monoisotopic (exact) mass is 591 g/mol. The molecule has 0 aliphatic heterocycles. The molecule has 9 heteroatoms. The number of halogens is 1. The lowest BCUT2D eigenvalue weighted by Crippen LogP contribution is -2.49. The van der Waals surface area contributed by atoms with Crippen molar-refractivity contribution < 1.29 is 18.0 Å². The van der Waals surface area contributed by atoms with Gasteiger partial charge in [-0.25, -0.2) is 8.42 Å². The van der Waals surface area contributed by atoms with Gasteiger partial charge in [-0.15, -0.1) is 0 Å². The van der Waals surface area contributed by atoms with Crippen LogP contribution in [-0.4, -0.2) is 50.0 Å². The highest BCUT2D eigenvalue weighted by Crippen LogP contribution is 2.23. The number of amides is 2. The minimum Gasteiger partial charge on any atom is -0.352 e. The molecule has 3 rings (SSSR count). The predicted molar refractivity (Wildman–Crippen MR) is 152 cm³/mol. The largest absolute Gasteiger partial charge is 0.352 e. The molecule has 2 aromatic rings. The highest BCUT2D eigenvalue weighted by molar-refractivity contribution is 9.10. The van der Waals surface area contributed by atoms with Crippen LogP contribution in [-0.2, 0) is 26.2 Å². The van der Waals surface area contributed by atoms with Crippen molar-refractivity contribution in [2.45, 2.75) is 77.9 Å². The number of rotatable bonds is 11. The van der Waals surface area contributed by atoms with Crippen molar-refractivity contribution in [3.8, 4) is 0 Å². The molecular formula is C28H38BrN3O4S. The molecule has 0 radical (unpaired) electrons. The Kier molecular flexibility index (Phi) is 10.2. The van der Waals surface area contributed by atoms with Gasteiger partial charge in [0.2, 0.25) is 21.8 Å². The van der Waals surface area contributed by atoms with Crippen LogP contribution in [0.2, 0.25) is 0 Å². The quantitative estimate of drug-likeness (QED) is 0.394. The fourth-order valence-corrected chi connectivity index (χ4v) is 6.10. The fourth-order valence-electron chi connectivity index (χ4n) is 4.69. The third-order valence-electron chi connectivity index (χ3n) is 7.04. The normalized spacial score (nSPS) is 14.8. The Balaban J connectivity index is 1.73. The molecule has 1 N–H and O–H groups in total. The van der Waals surface area contributed by atoms with Gasteiger partial charge in [0, 0.05) is 30.0 Å². The van der Waals surface area contributed by atoms with Crippen LogP contribution in [0.4, 0.5) is 5.69 Å². The SMILES string of the molecule is Cc1ccc(N(CCCC(=O)N(Cc2cccc(Br)c2)[C@H](C)C(=O)NC2CCCC2)S(C)(=O)=O)cc1C. The summed E-state index contributed by atoms with van der Waals surface area (Å²) in [6.45, 7) is 6.16. The molecule has 1 saturated carbocycles. The van der Waals surface area contributed by atoms with Gasteiger partial charge in [0.15, 0.2) is 0 Å². The van der Waals surface area contributed by atoms with Crippen molar-refractivity contribution in [2.24, 2.45) is 0 Å². The molecule has 7 nitrogen and oxygen atoms in total. The van der Waals surface area contributed by atoms with E-state index in [9.17, 15) is 18.0 Å². The summed E-state index contributed by atoms with van der Waals surface area (Å²) < 4.78 is 27.3. The van der Waals surface area contributed by atoms with E-state index in [0.717, 1.165) is 46.8 Å². The molecule has 0 aromatic heterocycles. The van der Waals surface area contributed by atoms with Gasteiger partial charge >= 0.3 is 0 Å². The van der Waals surface area contributed by atoms with E-state index >= 15 is 0 Å². The Bertz CT molecular complexity index is 1210. The maximum absolute atomic E-state index is 13.4. The van der Waals surface area contributed by atoms with Gasteiger partial charge in [-0.05, 0) is 81.0 Å². The Hall–Kier alpha value is -2.39. The van der Waals surface area contributed by atoms with Crippen LogP contribution in [0.1, 0.15) is 62.1 Å². The zero-order valence-electron chi connectivity index (χ0n) is 22.2. The van der Waals surface area contributed by atoms with Crippen molar-refractivity contribution in [1.29, 1.82) is 0 Å². The lowest BCUT2D eigenvalue weighted by molar-refractivity contribution is -0.141.